The summed E-state index contributed by atoms with van der Waals surface area (Å²) in [7, 11) is 0. The largest absolute Gasteiger partial charge is 0.484 e. The van der Waals surface area contributed by atoms with Gasteiger partial charge in [0, 0.05) is 0 Å². The number of hydrogen-bond donors (Lipinski definition) is 2. The zero-order valence-electron chi connectivity index (χ0n) is 12.1. The van der Waals surface area contributed by atoms with Crippen LogP contribution in [0.1, 0.15) is 32.3 Å². The van der Waals surface area contributed by atoms with Gasteiger partial charge in [0.05, 0.1) is 0 Å². The molecule has 110 valence electrons. The number of nitrogens with one attached hydrogen (secondary N) is 1. The molecule has 0 aliphatic heterocycles. The molecule has 0 spiro atoms. The lowest BCUT2D eigenvalue weighted by Gasteiger charge is -2.25. The number of carboxylic acids is 1. The summed E-state index contributed by atoms with van der Waals surface area (Å²) in [6.45, 7) is 5.06. The van der Waals surface area contributed by atoms with Crippen molar-refractivity contribution in [3.05, 3.63) is 29.8 Å². The summed E-state index contributed by atoms with van der Waals surface area (Å²) >= 11 is 0. The second-order valence-electron chi connectivity index (χ2n) is 4.99. The van der Waals surface area contributed by atoms with Gasteiger partial charge in [-0.1, -0.05) is 31.5 Å². The Kier molecular flexibility index (Phi) is 5.55. The molecule has 5 heteroatoms. The van der Waals surface area contributed by atoms with Crippen LogP contribution in [-0.2, 0) is 9.59 Å². The quantitative estimate of drug-likeness (QED) is 0.801. The van der Waals surface area contributed by atoms with Gasteiger partial charge in [0.2, 0.25) is 0 Å². The van der Waals surface area contributed by atoms with E-state index in [1.165, 1.54) is 6.92 Å². The molecule has 0 bridgehead atoms. The van der Waals surface area contributed by atoms with E-state index in [1.807, 2.05) is 32.0 Å². The molecule has 1 aromatic carbocycles. The molecule has 0 saturated heterocycles. The number of amides is 1. The van der Waals surface area contributed by atoms with Gasteiger partial charge in [-0.05, 0) is 31.9 Å². The second-order valence-corrected chi connectivity index (χ2v) is 4.99. The van der Waals surface area contributed by atoms with Crippen LogP contribution in [0.5, 0.6) is 5.75 Å². The maximum atomic E-state index is 11.8. The highest BCUT2D eigenvalue weighted by Gasteiger charge is 2.33. The lowest BCUT2D eigenvalue weighted by atomic mass is 9.96. The monoisotopic (exact) mass is 279 g/mol. The van der Waals surface area contributed by atoms with Crippen LogP contribution in [0.15, 0.2) is 24.3 Å². The average molecular weight is 279 g/mol. The van der Waals surface area contributed by atoms with Crippen LogP contribution in [0.25, 0.3) is 0 Å². The summed E-state index contributed by atoms with van der Waals surface area (Å²) in [6.07, 6.45) is 1.04. The fourth-order valence-corrected chi connectivity index (χ4v) is 1.93. The predicted octanol–water partition coefficient (Wildman–Crippen LogP) is 2.13. The highest BCUT2D eigenvalue weighted by Crippen LogP contribution is 2.16. The van der Waals surface area contributed by atoms with E-state index in [4.69, 9.17) is 4.74 Å². The van der Waals surface area contributed by atoms with Crippen LogP contribution in [0, 0.1) is 6.92 Å². The van der Waals surface area contributed by atoms with Crippen LogP contribution in [0.3, 0.4) is 0 Å². The predicted molar refractivity (Wildman–Crippen MR) is 75.8 cm³/mol. The summed E-state index contributed by atoms with van der Waals surface area (Å²) in [5.74, 6) is -0.856. The van der Waals surface area contributed by atoms with Crippen LogP contribution in [0.4, 0.5) is 0 Å². The molecular weight excluding hydrogens is 258 g/mol. The minimum absolute atomic E-state index is 0.197. The normalized spacial score (nSPS) is 13.3. The molecule has 0 aliphatic carbocycles. The molecule has 0 aliphatic rings. The first-order valence-corrected chi connectivity index (χ1v) is 6.62. The average Bonchev–Trinajstić information content (AvgIpc) is 2.38. The van der Waals surface area contributed by atoms with Crippen molar-refractivity contribution in [2.75, 3.05) is 6.61 Å². The van der Waals surface area contributed by atoms with Crippen molar-refractivity contribution >= 4 is 11.9 Å². The highest BCUT2D eigenvalue weighted by atomic mass is 16.5. The van der Waals surface area contributed by atoms with Gasteiger partial charge in [0.15, 0.2) is 6.61 Å². The molecule has 1 amide bonds. The number of carbonyl (C=O) groups excluding carboxylic acids is 1. The first-order valence-electron chi connectivity index (χ1n) is 6.62. The van der Waals surface area contributed by atoms with Crippen molar-refractivity contribution in [3.63, 3.8) is 0 Å². The summed E-state index contributed by atoms with van der Waals surface area (Å²) < 4.78 is 5.40. The van der Waals surface area contributed by atoms with E-state index in [2.05, 4.69) is 5.32 Å². The molecule has 0 fully saturated rings. The van der Waals surface area contributed by atoms with E-state index in [1.54, 1.807) is 6.07 Å². The van der Waals surface area contributed by atoms with Crippen LogP contribution < -0.4 is 10.1 Å². The Hall–Kier alpha value is -2.04. The molecule has 0 aromatic heterocycles. The van der Waals surface area contributed by atoms with Crippen LogP contribution >= 0.6 is 0 Å². The SMILES string of the molecule is CCCC(C)(NC(=O)COc1ccccc1C)C(=O)O. The molecule has 5 nitrogen and oxygen atoms in total. The van der Waals surface area contributed by atoms with E-state index in [0.29, 0.717) is 18.6 Å². The first kappa shape index (κ1) is 16.0. The number of aliphatic carboxylic acids is 1. The van der Waals surface area contributed by atoms with E-state index in [9.17, 15) is 14.7 Å². The molecule has 1 rings (SSSR count). The van der Waals surface area contributed by atoms with Crippen molar-refractivity contribution < 1.29 is 19.4 Å². The third kappa shape index (κ3) is 4.26. The Morgan fingerprint density at radius 2 is 2.00 bits per heavy atom. The Labute approximate surface area is 118 Å². The third-order valence-electron chi connectivity index (χ3n) is 3.09. The fourth-order valence-electron chi connectivity index (χ4n) is 1.93. The molecule has 0 heterocycles. The molecular formula is C15H21NO4. The van der Waals surface area contributed by atoms with Gasteiger partial charge < -0.3 is 15.2 Å². The third-order valence-corrected chi connectivity index (χ3v) is 3.09. The smallest absolute Gasteiger partial charge is 0.329 e. The van der Waals surface area contributed by atoms with Gasteiger partial charge >= 0.3 is 5.97 Å². The highest BCUT2D eigenvalue weighted by molar-refractivity contribution is 5.87. The zero-order valence-corrected chi connectivity index (χ0v) is 12.1. The van der Waals surface area contributed by atoms with Crippen LogP contribution in [-0.4, -0.2) is 29.1 Å². The van der Waals surface area contributed by atoms with E-state index < -0.39 is 17.4 Å². The molecule has 2 N–H and O–H groups in total. The lowest BCUT2D eigenvalue weighted by Crippen LogP contribution is -2.53. The number of hydrogen-bond acceptors (Lipinski definition) is 3. The number of carboxylic acid groups (broad SMARTS) is 1. The topological polar surface area (TPSA) is 75.6 Å². The van der Waals surface area contributed by atoms with Crippen molar-refractivity contribution in [2.24, 2.45) is 0 Å². The van der Waals surface area contributed by atoms with E-state index in [-0.39, 0.29) is 6.61 Å². The number of aryl methyl sites for hydroxylation is 1. The Bertz CT molecular complexity index is 487. The van der Waals surface area contributed by atoms with Crippen LogP contribution in [0.2, 0.25) is 0 Å². The number of rotatable bonds is 7. The molecule has 0 saturated carbocycles. The molecule has 1 aromatic rings. The summed E-state index contributed by atoms with van der Waals surface area (Å²) in [4.78, 5) is 23.0. The molecule has 20 heavy (non-hydrogen) atoms. The maximum absolute atomic E-state index is 11.8. The number of benzene rings is 1. The standard InChI is InChI=1S/C15H21NO4/c1-4-9-15(3,14(18)19)16-13(17)10-20-12-8-6-5-7-11(12)2/h5-8H,4,9-10H2,1-3H3,(H,16,17)(H,18,19). The minimum atomic E-state index is -1.25. The summed E-state index contributed by atoms with van der Waals surface area (Å²) in [5, 5.41) is 11.7. The molecule has 1 atom stereocenters. The summed E-state index contributed by atoms with van der Waals surface area (Å²) in [6, 6.07) is 7.35. The van der Waals surface area contributed by atoms with Crippen molar-refractivity contribution in [2.45, 2.75) is 39.2 Å². The number of ether oxygens (including phenoxy) is 1. The fraction of sp³-hybridized carbons (Fsp3) is 0.467. The van der Waals surface area contributed by atoms with E-state index >= 15 is 0 Å². The van der Waals surface area contributed by atoms with Gasteiger partial charge in [-0.3, -0.25) is 4.79 Å². The maximum Gasteiger partial charge on any atom is 0.329 e. The van der Waals surface area contributed by atoms with Crippen molar-refractivity contribution in [1.29, 1.82) is 0 Å². The van der Waals surface area contributed by atoms with Crippen molar-refractivity contribution in [3.8, 4) is 5.75 Å². The Balaban J connectivity index is 2.59. The van der Waals surface area contributed by atoms with E-state index in [0.717, 1.165) is 5.56 Å². The second kappa shape index (κ2) is 6.93. The molecule has 1 unspecified atom stereocenters. The van der Waals surface area contributed by atoms with Crippen molar-refractivity contribution in [1.82, 2.24) is 5.32 Å². The Morgan fingerprint density at radius 1 is 1.35 bits per heavy atom. The number of para-hydroxylation sites is 1. The van der Waals surface area contributed by atoms with Gasteiger partial charge in [-0.15, -0.1) is 0 Å². The lowest BCUT2D eigenvalue weighted by molar-refractivity contribution is -0.147. The first-order chi connectivity index (χ1) is 9.39. The van der Waals surface area contributed by atoms with Gasteiger partial charge in [0.25, 0.3) is 5.91 Å². The van der Waals surface area contributed by atoms with Gasteiger partial charge in [-0.25, -0.2) is 4.79 Å². The number of carbonyl (C=O) groups is 2. The summed E-state index contributed by atoms with van der Waals surface area (Å²) in [5.41, 5.74) is -0.323. The van der Waals surface area contributed by atoms with Gasteiger partial charge in [0.1, 0.15) is 11.3 Å². The molecule has 0 radical (unpaired) electrons. The zero-order chi connectivity index (χ0) is 15.2. The Morgan fingerprint density at radius 3 is 2.55 bits per heavy atom. The minimum Gasteiger partial charge on any atom is -0.484 e. The van der Waals surface area contributed by atoms with Gasteiger partial charge in [-0.2, -0.15) is 0 Å².